The monoisotopic (exact) mass is 340 g/mol. The summed E-state index contributed by atoms with van der Waals surface area (Å²) < 4.78 is 0.990. The lowest BCUT2D eigenvalue weighted by atomic mass is 10.2. The van der Waals surface area contributed by atoms with Gasteiger partial charge in [-0.1, -0.05) is 35.7 Å². The molecule has 0 unspecified atom stereocenters. The lowest BCUT2D eigenvalue weighted by Gasteiger charge is -2.08. The third-order valence-corrected chi connectivity index (χ3v) is 3.76. The number of unbranched alkanes of at least 4 members (excludes halogenated alkanes) is 2. The molecule has 0 atom stereocenters. The number of rotatable bonds is 7. The quantitative estimate of drug-likeness (QED) is 0.590. The van der Waals surface area contributed by atoms with Gasteiger partial charge in [0.05, 0.1) is 0 Å². The Labute approximate surface area is 128 Å². The van der Waals surface area contributed by atoms with Gasteiger partial charge in [-0.05, 0) is 37.1 Å². The second-order valence-electron chi connectivity index (χ2n) is 4.75. The zero-order valence-corrected chi connectivity index (χ0v) is 13.5. The highest BCUT2D eigenvalue weighted by Gasteiger charge is 2.09. The lowest BCUT2D eigenvalue weighted by molar-refractivity contribution is -0.126. The standard InChI is InChI=1S/C15H21BrN2O2/c1-3-4-5-8-17-14(19)10-15(20)18-12-6-7-13(16)11(2)9-12/h6-7,9H,3-5,8,10H2,1-2H3,(H,17,19)(H,18,20). The molecule has 0 bridgehead atoms. The van der Waals surface area contributed by atoms with Gasteiger partial charge in [-0.15, -0.1) is 0 Å². The van der Waals surface area contributed by atoms with Crippen molar-refractivity contribution in [2.75, 3.05) is 11.9 Å². The van der Waals surface area contributed by atoms with Gasteiger partial charge < -0.3 is 10.6 Å². The molecule has 0 heterocycles. The number of hydrogen-bond acceptors (Lipinski definition) is 2. The summed E-state index contributed by atoms with van der Waals surface area (Å²) in [4.78, 5) is 23.3. The number of benzene rings is 1. The van der Waals surface area contributed by atoms with Gasteiger partial charge in [0, 0.05) is 16.7 Å². The molecule has 0 fully saturated rings. The summed E-state index contributed by atoms with van der Waals surface area (Å²) in [6.45, 7) is 4.69. The molecule has 2 amide bonds. The molecular formula is C15H21BrN2O2. The van der Waals surface area contributed by atoms with E-state index in [2.05, 4.69) is 33.5 Å². The maximum absolute atomic E-state index is 11.7. The van der Waals surface area contributed by atoms with E-state index in [1.807, 2.05) is 19.1 Å². The molecule has 4 nitrogen and oxygen atoms in total. The van der Waals surface area contributed by atoms with E-state index in [-0.39, 0.29) is 18.2 Å². The van der Waals surface area contributed by atoms with Crippen LogP contribution in [0.15, 0.2) is 22.7 Å². The molecule has 0 aromatic heterocycles. The minimum Gasteiger partial charge on any atom is -0.356 e. The van der Waals surface area contributed by atoms with Crippen LogP contribution < -0.4 is 10.6 Å². The van der Waals surface area contributed by atoms with Crippen molar-refractivity contribution < 1.29 is 9.59 Å². The number of halogens is 1. The first-order chi connectivity index (χ1) is 9.52. The summed E-state index contributed by atoms with van der Waals surface area (Å²) in [7, 11) is 0. The number of anilines is 1. The van der Waals surface area contributed by atoms with Gasteiger partial charge in [-0.25, -0.2) is 0 Å². The normalized spacial score (nSPS) is 10.2. The number of nitrogens with one attached hydrogen (secondary N) is 2. The molecule has 0 saturated heterocycles. The van der Waals surface area contributed by atoms with Crippen molar-refractivity contribution in [1.29, 1.82) is 0 Å². The number of aryl methyl sites for hydroxylation is 1. The zero-order valence-electron chi connectivity index (χ0n) is 12.0. The smallest absolute Gasteiger partial charge is 0.233 e. The molecule has 0 spiro atoms. The van der Waals surface area contributed by atoms with E-state index in [1.165, 1.54) is 0 Å². The maximum atomic E-state index is 11.7. The molecule has 110 valence electrons. The Morgan fingerprint density at radius 2 is 1.95 bits per heavy atom. The second-order valence-corrected chi connectivity index (χ2v) is 5.60. The predicted molar refractivity (Wildman–Crippen MR) is 84.7 cm³/mol. The second kappa shape index (κ2) is 8.74. The lowest BCUT2D eigenvalue weighted by Crippen LogP contribution is -2.28. The average Bonchev–Trinajstić information content (AvgIpc) is 2.39. The van der Waals surface area contributed by atoms with Gasteiger partial charge in [0.1, 0.15) is 6.42 Å². The van der Waals surface area contributed by atoms with Crippen LogP contribution in [0, 0.1) is 6.92 Å². The van der Waals surface area contributed by atoms with Crippen LogP contribution in [0.4, 0.5) is 5.69 Å². The van der Waals surface area contributed by atoms with Gasteiger partial charge >= 0.3 is 0 Å². The van der Waals surface area contributed by atoms with Crippen molar-refractivity contribution in [3.05, 3.63) is 28.2 Å². The summed E-state index contributed by atoms with van der Waals surface area (Å²) in [6, 6.07) is 5.53. The van der Waals surface area contributed by atoms with Crippen LogP contribution in [0.1, 0.15) is 38.2 Å². The van der Waals surface area contributed by atoms with Crippen molar-refractivity contribution in [1.82, 2.24) is 5.32 Å². The Morgan fingerprint density at radius 3 is 2.60 bits per heavy atom. The van der Waals surface area contributed by atoms with Crippen LogP contribution in [-0.2, 0) is 9.59 Å². The first-order valence-corrected chi connectivity index (χ1v) is 7.65. The Morgan fingerprint density at radius 1 is 1.20 bits per heavy atom. The van der Waals surface area contributed by atoms with E-state index in [1.54, 1.807) is 6.07 Å². The molecule has 0 aliphatic heterocycles. The van der Waals surface area contributed by atoms with E-state index in [0.717, 1.165) is 29.3 Å². The first kappa shape index (κ1) is 16.7. The minimum atomic E-state index is -0.292. The molecule has 0 radical (unpaired) electrons. The molecule has 0 aliphatic carbocycles. The van der Waals surface area contributed by atoms with Crippen LogP contribution in [0.5, 0.6) is 0 Å². The molecule has 0 saturated carbocycles. The van der Waals surface area contributed by atoms with Crippen LogP contribution in [0.2, 0.25) is 0 Å². The summed E-state index contributed by atoms with van der Waals surface area (Å²) >= 11 is 3.40. The third-order valence-electron chi connectivity index (χ3n) is 2.87. The Bertz CT molecular complexity index is 475. The highest BCUT2D eigenvalue weighted by molar-refractivity contribution is 9.10. The van der Waals surface area contributed by atoms with E-state index in [4.69, 9.17) is 0 Å². The third kappa shape index (κ3) is 6.19. The molecule has 1 rings (SSSR count). The maximum Gasteiger partial charge on any atom is 0.233 e. The van der Waals surface area contributed by atoms with Gasteiger partial charge in [0.2, 0.25) is 11.8 Å². The number of carbonyl (C=O) groups excluding carboxylic acids is 2. The summed E-state index contributed by atoms with van der Waals surface area (Å²) in [6.07, 6.45) is 3.01. The summed E-state index contributed by atoms with van der Waals surface area (Å²) in [5.74, 6) is -0.521. The van der Waals surface area contributed by atoms with Crippen molar-refractivity contribution in [3.63, 3.8) is 0 Å². The minimum absolute atomic E-state index is 0.138. The SMILES string of the molecule is CCCCCNC(=O)CC(=O)Nc1ccc(Br)c(C)c1. The van der Waals surface area contributed by atoms with Crippen molar-refractivity contribution in [3.8, 4) is 0 Å². The predicted octanol–water partition coefficient (Wildman–Crippen LogP) is 3.39. The van der Waals surface area contributed by atoms with Crippen LogP contribution >= 0.6 is 15.9 Å². The average molecular weight is 341 g/mol. The fourth-order valence-corrected chi connectivity index (χ4v) is 1.99. The number of amides is 2. The van der Waals surface area contributed by atoms with E-state index in [9.17, 15) is 9.59 Å². The summed E-state index contributed by atoms with van der Waals surface area (Å²) in [5, 5.41) is 5.47. The Kier molecular flexibility index (Phi) is 7.30. The molecule has 20 heavy (non-hydrogen) atoms. The van der Waals surface area contributed by atoms with Crippen molar-refractivity contribution in [2.24, 2.45) is 0 Å². The molecule has 1 aromatic carbocycles. The summed E-state index contributed by atoms with van der Waals surface area (Å²) in [5.41, 5.74) is 1.74. The Balaban J connectivity index is 2.35. The topological polar surface area (TPSA) is 58.2 Å². The Hall–Kier alpha value is -1.36. The van der Waals surface area contributed by atoms with Gasteiger partial charge in [0.25, 0.3) is 0 Å². The van der Waals surface area contributed by atoms with E-state index in [0.29, 0.717) is 12.2 Å². The highest BCUT2D eigenvalue weighted by atomic mass is 79.9. The molecular weight excluding hydrogens is 320 g/mol. The largest absolute Gasteiger partial charge is 0.356 e. The van der Waals surface area contributed by atoms with Crippen LogP contribution in [-0.4, -0.2) is 18.4 Å². The van der Waals surface area contributed by atoms with Crippen LogP contribution in [0.3, 0.4) is 0 Å². The fraction of sp³-hybridized carbons (Fsp3) is 0.467. The van der Waals surface area contributed by atoms with Crippen molar-refractivity contribution in [2.45, 2.75) is 39.5 Å². The van der Waals surface area contributed by atoms with E-state index < -0.39 is 0 Å². The number of hydrogen-bond donors (Lipinski definition) is 2. The molecule has 5 heteroatoms. The van der Waals surface area contributed by atoms with Gasteiger partial charge in [0.15, 0.2) is 0 Å². The number of carbonyl (C=O) groups is 2. The molecule has 2 N–H and O–H groups in total. The van der Waals surface area contributed by atoms with Crippen molar-refractivity contribution >= 4 is 33.4 Å². The van der Waals surface area contributed by atoms with E-state index >= 15 is 0 Å². The zero-order chi connectivity index (χ0) is 15.0. The van der Waals surface area contributed by atoms with Crippen LogP contribution in [0.25, 0.3) is 0 Å². The van der Waals surface area contributed by atoms with Gasteiger partial charge in [-0.3, -0.25) is 9.59 Å². The van der Waals surface area contributed by atoms with Gasteiger partial charge in [-0.2, -0.15) is 0 Å². The fourth-order valence-electron chi connectivity index (χ4n) is 1.74. The molecule has 0 aliphatic rings. The first-order valence-electron chi connectivity index (χ1n) is 6.85. The highest BCUT2D eigenvalue weighted by Crippen LogP contribution is 2.19. The molecule has 1 aromatic rings.